The van der Waals surface area contributed by atoms with Gasteiger partial charge in [0, 0.05) is 23.7 Å². The zero-order chi connectivity index (χ0) is 20.0. The van der Waals surface area contributed by atoms with Crippen LogP contribution in [0.25, 0.3) is 6.08 Å². The number of carbonyl (C=O) groups is 2. The standard InChI is InChI=1S/C22H26N2O2S/c1-15-12-16(2)22(17(3)13-15)23-20(25)14-24(4)21(26)11-8-18-6-9-19(27-5)10-7-18/h6-13H,14H2,1-5H3,(H,23,25)/b11-8+. The van der Waals surface area contributed by atoms with Crippen molar-refractivity contribution in [2.75, 3.05) is 25.2 Å². The van der Waals surface area contributed by atoms with E-state index >= 15 is 0 Å². The van der Waals surface area contributed by atoms with Crippen LogP contribution < -0.4 is 5.32 Å². The van der Waals surface area contributed by atoms with Crippen molar-refractivity contribution in [3.05, 3.63) is 64.7 Å². The van der Waals surface area contributed by atoms with Gasteiger partial charge in [0.1, 0.15) is 0 Å². The Balaban J connectivity index is 1.95. The fraction of sp³-hybridized carbons (Fsp3) is 0.273. The molecule has 0 fully saturated rings. The molecule has 27 heavy (non-hydrogen) atoms. The summed E-state index contributed by atoms with van der Waals surface area (Å²) in [6.07, 6.45) is 5.27. The first-order valence-corrected chi connectivity index (χ1v) is 9.97. The summed E-state index contributed by atoms with van der Waals surface area (Å²) in [7, 11) is 1.62. The second-order valence-electron chi connectivity index (χ2n) is 6.62. The molecule has 2 aromatic carbocycles. The van der Waals surface area contributed by atoms with E-state index in [1.54, 1.807) is 24.9 Å². The maximum Gasteiger partial charge on any atom is 0.246 e. The van der Waals surface area contributed by atoms with Crippen molar-refractivity contribution < 1.29 is 9.59 Å². The molecule has 0 aliphatic rings. The third kappa shape index (κ3) is 6.00. The zero-order valence-electron chi connectivity index (χ0n) is 16.5. The van der Waals surface area contributed by atoms with Crippen molar-refractivity contribution >= 4 is 35.3 Å². The number of anilines is 1. The van der Waals surface area contributed by atoms with Crippen LogP contribution in [0.4, 0.5) is 5.69 Å². The lowest BCUT2D eigenvalue weighted by Gasteiger charge is -2.17. The highest BCUT2D eigenvalue weighted by atomic mass is 32.2. The second-order valence-corrected chi connectivity index (χ2v) is 7.50. The topological polar surface area (TPSA) is 49.4 Å². The van der Waals surface area contributed by atoms with Crippen LogP contribution in [0.1, 0.15) is 22.3 Å². The van der Waals surface area contributed by atoms with E-state index in [0.717, 1.165) is 27.9 Å². The van der Waals surface area contributed by atoms with Crippen LogP contribution >= 0.6 is 11.8 Å². The number of rotatable bonds is 6. The van der Waals surface area contributed by atoms with Crippen LogP contribution in [0.15, 0.2) is 47.4 Å². The Kier molecular flexibility index (Phi) is 7.25. The molecule has 2 rings (SSSR count). The zero-order valence-corrected chi connectivity index (χ0v) is 17.3. The molecule has 2 amide bonds. The highest BCUT2D eigenvalue weighted by Gasteiger charge is 2.13. The number of benzene rings is 2. The van der Waals surface area contributed by atoms with Crippen LogP contribution in [0.2, 0.25) is 0 Å². The molecule has 4 nitrogen and oxygen atoms in total. The van der Waals surface area contributed by atoms with E-state index in [1.165, 1.54) is 15.9 Å². The Morgan fingerprint density at radius 1 is 1.07 bits per heavy atom. The van der Waals surface area contributed by atoms with Crippen molar-refractivity contribution in [3.63, 3.8) is 0 Å². The average molecular weight is 383 g/mol. The summed E-state index contributed by atoms with van der Waals surface area (Å²) in [4.78, 5) is 27.2. The number of likely N-dealkylation sites (N-methyl/N-ethyl adjacent to an activating group) is 1. The van der Waals surface area contributed by atoms with E-state index in [0.29, 0.717) is 0 Å². The van der Waals surface area contributed by atoms with Crippen molar-refractivity contribution in [2.45, 2.75) is 25.7 Å². The Morgan fingerprint density at radius 3 is 2.22 bits per heavy atom. The largest absolute Gasteiger partial charge is 0.333 e. The molecule has 0 atom stereocenters. The number of thioether (sulfide) groups is 1. The van der Waals surface area contributed by atoms with E-state index in [2.05, 4.69) is 5.32 Å². The third-order valence-electron chi connectivity index (χ3n) is 4.23. The van der Waals surface area contributed by atoms with E-state index < -0.39 is 0 Å². The van der Waals surface area contributed by atoms with Crippen LogP contribution in [-0.2, 0) is 9.59 Å². The minimum absolute atomic E-state index is 0.00133. The van der Waals surface area contributed by atoms with Gasteiger partial charge in [-0.05, 0) is 61.9 Å². The number of aryl methyl sites for hydroxylation is 3. The monoisotopic (exact) mass is 382 g/mol. The van der Waals surface area contributed by atoms with Crippen molar-refractivity contribution in [2.24, 2.45) is 0 Å². The molecule has 0 aliphatic carbocycles. The summed E-state index contributed by atoms with van der Waals surface area (Å²) in [5.41, 5.74) is 4.96. The van der Waals surface area contributed by atoms with Gasteiger partial charge in [-0.3, -0.25) is 9.59 Å². The molecule has 0 spiro atoms. The summed E-state index contributed by atoms with van der Waals surface area (Å²) < 4.78 is 0. The summed E-state index contributed by atoms with van der Waals surface area (Å²) >= 11 is 1.67. The van der Waals surface area contributed by atoms with Crippen LogP contribution in [0.3, 0.4) is 0 Å². The molecule has 0 aliphatic heterocycles. The Morgan fingerprint density at radius 2 is 1.67 bits per heavy atom. The number of hydrogen-bond acceptors (Lipinski definition) is 3. The van der Waals surface area contributed by atoms with Crippen LogP contribution in [-0.4, -0.2) is 36.6 Å². The van der Waals surface area contributed by atoms with Crippen LogP contribution in [0.5, 0.6) is 0 Å². The fourth-order valence-electron chi connectivity index (χ4n) is 2.86. The van der Waals surface area contributed by atoms with Gasteiger partial charge in [-0.15, -0.1) is 11.8 Å². The number of nitrogens with one attached hydrogen (secondary N) is 1. The molecule has 0 radical (unpaired) electrons. The maximum atomic E-state index is 12.3. The van der Waals surface area contributed by atoms with E-state index in [4.69, 9.17) is 0 Å². The number of amides is 2. The fourth-order valence-corrected chi connectivity index (χ4v) is 3.27. The molecule has 0 heterocycles. The van der Waals surface area contributed by atoms with Gasteiger partial charge in [-0.25, -0.2) is 0 Å². The third-order valence-corrected chi connectivity index (χ3v) is 4.98. The van der Waals surface area contributed by atoms with Gasteiger partial charge in [0.2, 0.25) is 11.8 Å². The first kappa shape index (κ1) is 20.8. The number of carbonyl (C=O) groups excluding carboxylic acids is 2. The molecule has 142 valence electrons. The lowest BCUT2D eigenvalue weighted by atomic mass is 10.1. The summed E-state index contributed by atoms with van der Waals surface area (Å²) in [5, 5.41) is 2.92. The van der Waals surface area contributed by atoms with Crippen molar-refractivity contribution in [1.29, 1.82) is 0 Å². The SMILES string of the molecule is CSc1ccc(/C=C/C(=O)N(C)CC(=O)Nc2c(C)cc(C)cc2C)cc1. The van der Waals surface area contributed by atoms with Gasteiger partial charge in [0.25, 0.3) is 0 Å². The minimum atomic E-state index is -0.212. The van der Waals surface area contributed by atoms with Gasteiger partial charge in [0.05, 0.1) is 6.54 Å². The first-order chi connectivity index (χ1) is 12.8. The quantitative estimate of drug-likeness (QED) is 0.593. The second kappa shape index (κ2) is 9.42. The maximum absolute atomic E-state index is 12.3. The molecule has 0 saturated heterocycles. The highest BCUT2D eigenvalue weighted by Crippen LogP contribution is 2.21. The van der Waals surface area contributed by atoms with Crippen molar-refractivity contribution in [3.8, 4) is 0 Å². The van der Waals surface area contributed by atoms with Gasteiger partial charge in [-0.2, -0.15) is 0 Å². The van der Waals surface area contributed by atoms with Gasteiger partial charge in [-0.1, -0.05) is 29.8 Å². The van der Waals surface area contributed by atoms with Crippen LogP contribution in [0, 0.1) is 20.8 Å². The molecule has 5 heteroatoms. The Labute approximate surface area is 165 Å². The van der Waals surface area contributed by atoms with Crippen molar-refractivity contribution in [1.82, 2.24) is 4.90 Å². The van der Waals surface area contributed by atoms with Gasteiger partial charge >= 0.3 is 0 Å². The van der Waals surface area contributed by atoms with Gasteiger partial charge < -0.3 is 10.2 Å². The summed E-state index contributed by atoms with van der Waals surface area (Å²) in [6, 6.07) is 12.0. The summed E-state index contributed by atoms with van der Waals surface area (Å²) in [6.45, 7) is 5.96. The molecule has 2 aromatic rings. The smallest absolute Gasteiger partial charge is 0.246 e. The minimum Gasteiger partial charge on any atom is -0.333 e. The lowest BCUT2D eigenvalue weighted by Crippen LogP contribution is -2.34. The lowest BCUT2D eigenvalue weighted by molar-refractivity contribution is -0.129. The number of hydrogen-bond donors (Lipinski definition) is 1. The molecular formula is C22H26N2O2S. The molecule has 0 saturated carbocycles. The van der Waals surface area contributed by atoms with E-state index in [1.807, 2.05) is 63.4 Å². The first-order valence-electron chi connectivity index (χ1n) is 8.75. The molecular weight excluding hydrogens is 356 g/mol. The number of nitrogens with zero attached hydrogens (tertiary/aromatic N) is 1. The Hall–Kier alpha value is -2.53. The van der Waals surface area contributed by atoms with Gasteiger partial charge in [0.15, 0.2) is 0 Å². The van der Waals surface area contributed by atoms with E-state index in [9.17, 15) is 9.59 Å². The van der Waals surface area contributed by atoms with E-state index in [-0.39, 0.29) is 18.4 Å². The molecule has 0 unspecified atom stereocenters. The average Bonchev–Trinajstić information content (AvgIpc) is 2.63. The normalized spacial score (nSPS) is 10.9. The predicted octanol–water partition coefficient (Wildman–Crippen LogP) is 4.44. The highest BCUT2D eigenvalue weighted by molar-refractivity contribution is 7.98. The Bertz CT molecular complexity index is 834. The predicted molar refractivity (Wildman–Crippen MR) is 114 cm³/mol. The molecule has 0 aromatic heterocycles. The summed E-state index contributed by atoms with van der Waals surface area (Å²) in [5.74, 6) is -0.421. The molecule has 1 N–H and O–H groups in total. The molecule has 0 bridgehead atoms.